The van der Waals surface area contributed by atoms with Gasteiger partial charge in [-0.2, -0.15) is 9.78 Å². The number of rotatable bonds is 4. The van der Waals surface area contributed by atoms with Crippen LogP contribution in [0.5, 0.6) is 0 Å². The molecule has 3 heterocycles. The molecule has 3 aromatic rings. The number of benzene rings is 2. The van der Waals surface area contributed by atoms with Crippen LogP contribution in [0.3, 0.4) is 0 Å². The van der Waals surface area contributed by atoms with E-state index in [0.717, 1.165) is 0 Å². The van der Waals surface area contributed by atoms with E-state index in [1.807, 2.05) is 48.2 Å². The van der Waals surface area contributed by atoms with Gasteiger partial charge < -0.3 is 10.2 Å². The SMILES string of the molecule is CC(C(=O)N1CC(=O)Nc2ccccc21)N1CCN(c2cnn(-c3ccccc3)c(=O)c2Cl)CC1. The van der Waals surface area contributed by atoms with E-state index in [-0.39, 0.29) is 28.9 Å². The number of nitrogens with zero attached hydrogens (tertiary/aromatic N) is 5. The highest BCUT2D eigenvalue weighted by atomic mass is 35.5. The average Bonchev–Trinajstić information content (AvgIpc) is 2.89. The molecule has 10 heteroatoms. The second-order valence-corrected chi connectivity index (χ2v) is 8.96. The third-order valence-electron chi connectivity index (χ3n) is 6.50. The maximum Gasteiger partial charge on any atom is 0.292 e. The van der Waals surface area contributed by atoms with Gasteiger partial charge in [0, 0.05) is 26.2 Å². The predicted octanol–water partition coefficient (Wildman–Crippen LogP) is 2.38. The summed E-state index contributed by atoms with van der Waals surface area (Å²) in [6, 6.07) is 16.0. The number of para-hydroxylation sites is 3. The largest absolute Gasteiger partial charge is 0.366 e. The molecule has 2 amide bonds. The number of hydrogen-bond acceptors (Lipinski definition) is 6. The highest BCUT2D eigenvalue weighted by molar-refractivity contribution is 6.33. The maximum absolute atomic E-state index is 13.3. The topological polar surface area (TPSA) is 90.8 Å². The minimum Gasteiger partial charge on any atom is -0.366 e. The molecule has 1 atom stereocenters. The summed E-state index contributed by atoms with van der Waals surface area (Å²) in [5, 5.41) is 7.26. The zero-order valence-electron chi connectivity index (χ0n) is 19.2. The molecule has 1 N–H and O–H groups in total. The first kappa shape index (κ1) is 23.1. The summed E-state index contributed by atoms with van der Waals surface area (Å²) >= 11 is 6.47. The van der Waals surface area contributed by atoms with Gasteiger partial charge in [-0.25, -0.2) is 0 Å². The molecular formula is C25H25ClN6O3. The standard InChI is InChI=1S/C25H25ClN6O3/c1-17(24(34)31-16-22(33)28-19-9-5-6-10-20(19)31)29-11-13-30(14-12-29)21-15-27-32(25(35)23(21)26)18-7-3-2-4-8-18/h2-10,15,17H,11-14,16H2,1H3,(H,28,33). The zero-order valence-corrected chi connectivity index (χ0v) is 20.0. The number of halogens is 1. The Labute approximate surface area is 207 Å². The molecular weight excluding hydrogens is 468 g/mol. The van der Waals surface area contributed by atoms with Crippen molar-refractivity contribution < 1.29 is 9.59 Å². The van der Waals surface area contributed by atoms with Crippen LogP contribution in [-0.2, 0) is 9.59 Å². The maximum atomic E-state index is 13.3. The first-order chi connectivity index (χ1) is 16.9. The summed E-state index contributed by atoms with van der Waals surface area (Å²) in [6.45, 7) is 4.25. The van der Waals surface area contributed by atoms with E-state index in [2.05, 4.69) is 15.3 Å². The van der Waals surface area contributed by atoms with E-state index >= 15 is 0 Å². The van der Waals surface area contributed by atoms with Crippen LogP contribution in [0.25, 0.3) is 5.69 Å². The van der Waals surface area contributed by atoms with Crippen molar-refractivity contribution in [3.05, 3.63) is 76.2 Å². The lowest BCUT2D eigenvalue weighted by Crippen LogP contribution is -2.56. The summed E-state index contributed by atoms with van der Waals surface area (Å²) in [6.07, 6.45) is 1.62. The fourth-order valence-corrected chi connectivity index (χ4v) is 4.81. The molecule has 180 valence electrons. The van der Waals surface area contributed by atoms with Crippen molar-refractivity contribution in [1.29, 1.82) is 0 Å². The molecule has 2 aliphatic rings. The highest BCUT2D eigenvalue weighted by Crippen LogP contribution is 2.30. The normalized spacial score (nSPS) is 17.0. The van der Waals surface area contributed by atoms with E-state index in [4.69, 9.17) is 11.6 Å². The van der Waals surface area contributed by atoms with Crippen LogP contribution in [0.15, 0.2) is 65.6 Å². The molecule has 0 radical (unpaired) electrons. The number of amides is 2. The second kappa shape index (κ2) is 9.52. The van der Waals surface area contributed by atoms with Gasteiger partial charge in [-0.3, -0.25) is 24.2 Å². The molecule has 0 aliphatic carbocycles. The van der Waals surface area contributed by atoms with Crippen LogP contribution in [0.2, 0.25) is 5.02 Å². The smallest absolute Gasteiger partial charge is 0.292 e. The molecule has 1 fully saturated rings. The van der Waals surface area contributed by atoms with E-state index in [1.165, 1.54) is 4.68 Å². The Morgan fingerprint density at radius 3 is 2.40 bits per heavy atom. The monoisotopic (exact) mass is 492 g/mol. The van der Waals surface area contributed by atoms with Gasteiger partial charge in [0.25, 0.3) is 5.56 Å². The molecule has 35 heavy (non-hydrogen) atoms. The Morgan fingerprint density at radius 2 is 1.66 bits per heavy atom. The van der Waals surface area contributed by atoms with Gasteiger partial charge in [-0.15, -0.1) is 0 Å². The van der Waals surface area contributed by atoms with E-state index in [1.54, 1.807) is 29.3 Å². The number of carbonyl (C=O) groups excluding carboxylic acids is 2. The second-order valence-electron chi connectivity index (χ2n) is 8.58. The molecule has 1 saturated heterocycles. The molecule has 2 aliphatic heterocycles. The van der Waals surface area contributed by atoms with Gasteiger partial charge in [0.2, 0.25) is 11.8 Å². The highest BCUT2D eigenvalue weighted by Gasteiger charge is 2.33. The number of aromatic nitrogens is 2. The lowest BCUT2D eigenvalue weighted by atomic mass is 10.1. The third kappa shape index (κ3) is 4.40. The van der Waals surface area contributed by atoms with Crippen LogP contribution >= 0.6 is 11.6 Å². The molecule has 0 bridgehead atoms. The summed E-state index contributed by atoms with van der Waals surface area (Å²) in [7, 11) is 0. The van der Waals surface area contributed by atoms with Gasteiger partial charge in [-0.1, -0.05) is 41.9 Å². The number of hydrogen-bond donors (Lipinski definition) is 1. The Hall–Kier alpha value is -3.69. The van der Waals surface area contributed by atoms with E-state index in [0.29, 0.717) is 48.9 Å². The van der Waals surface area contributed by atoms with E-state index in [9.17, 15) is 14.4 Å². The molecule has 1 aromatic heterocycles. The minimum absolute atomic E-state index is 0.000858. The fourth-order valence-electron chi connectivity index (χ4n) is 4.56. The molecule has 5 rings (SSSR count). The Balaban J connectivity index is 1.28. The van der Waals surface area contributed by atoms with Gasteiger partial charge in [0.1, 0.15) is 11.6 Å². The Morgan fingerprint density at radius 1 is 0.971 bits per heavy atom. The Bertz CT molecular complexity index is 1320. The minimum atomic E-state index is -0.407. The summed E-state index contributed by atoms with van der Waals surface area (Å²) in [5.74, 6) is -0.327. The van der Waals surface area contributed by atoms with Crippen LogP contribution in [0.4, 0.5) is 17.1 Å². The Kier molecular flexibility index (Phi) is 6.27. The lowest BCUT2D eigenvalue weighted by molar-refractivity contribution is -0.125. The van der Waals surface area contributed by atoms with Crippen LogP contribution in [0.1, 0.15) is 6.92 Å². The van der Waals surface area contributed by atoms with Gasteiger partial charge >= 0.3 is 0 Å². The van der Waals surface area contributed by atoms with Crippen LogP contribution in [-0.4, -0.2) is 65.3 Å². The lowest BCUT2D eigenvalue weighted by Gasteiger charge is -2.40. The fraction of sp³-hybridized carbons (Fsp3) is 0.280. The van der Waals surface area contributed by atoms with Crippen LogP contribution < -0.4 is 20.7 Å². The number of piperazine rings is 1. The molecule has 2 aromatic carbocycles. The molecule has 0 spiro atoms. The zero-order chi connectivity index (χ0) is 24.5. The number of anilines is 3. The number of carbonyl (C=O) groups is 2. The predicted molar refractivity (Wildman–Crippen MR) is 136 cm³/mol. The van der Waals surface area contributed by atoms with Crippen molar-refractivity contribution in [1.82, 2.24) is 14.7 Å². The van der Waals surface area contributed by atoms with Crippen molar-refractivity contribution in [3.8, 4) is 5.69 Å². The van der Waals surface area contributed by atoms with Crippen LogP contribution in [0, 0.1) is 0 Å². The van der Waals surface area contributed by atoms with Gasteiger partial charge in [0.15, 0.2) is 0 Å². The van der Waals surface area contributed by atoms with Crippen molar-refractivity contribution in [2.45, 2.75) is 13.0 Å². The van der Waals surface area contributed by atoms with Gasteiger partial charge in [0.05, 0.1) is 35.0 Å². The van der Waals surface area contributed by atoms with Gasteiger partial charge in [-0.05, 0) is 31.2 Å². The van der Waals surface area contributed by atoms with E-state index < -0.39 is 6.04 Å². The number of fused-ring (bicyclic) bond motifs is 1. The summed E-state index contributed by atoms with van der Waals surface area (Å²) in [4.78, 5) is 44.0. The summed E-state index contributed by atoms with van der Waals surface area (Å²) < 4.78 is 1.29. The molecule has 1 unspecified atom stereocenters. The van der Waals surface area contributed by atoms with Crippen molar-refractivity contribution in [2.75, 3.05) is 47.8 Å². The molecule has 9 nitrogen and oxygen atoms in total. The van der Waals surface area contributed by atoms with Crippen molar-refractivity contribution in [2.24, 2.45) is 0 Å². The molecule has 0 saturated carbocycles. The van der Waals surface area contributed by atoms with Crippen molar-refractivity contribution >= 4 is 40.5 Å². The average molecular weight is 493 g/mol. The van der Waals surface area contributed by atoms with Crippen molar-refractivity contribution in [3.63, 3.8) is 0 Å². The summed E-state index contributed by atoms with van der Waals surface area (Å²) in [5.41, 5.74) is 2.21. The first-order valence-electron chi connectivity index (χ1n) is 11.5. The number of nitrogens with one attached hydrogen (secondary N) is 1. The third-order valence-corrected chi connectivity index (χ3v) is 6.85. The quantitative estimate of drug-likeness (QED) is 0.601. The first-order valence-corrected chi connectivity index (χ1v) is 11.8.